The van der Waals surface area contributed by atoms with Gasteiger partial charge in [-0.2, -0.15) is 0 Å². The molecule has 3 heterocycles. The monoisotopic (exact) mass is 553 g/mol. The largest absolute Gasteiger partial charge is 0.497 e. The number of ether oxygens (including phenoxy) is 1. The second kappa shape index (κ2) is 11.1. The van der Waals surface area contributed by atoms with Crippen molar-refractivity contribution in [3.63, 3.8) is 0 Å². The number of nitrogens with one attached hydrogen (secondary N) is 2. The zero-order valence-electron chi connectivity index (χ0n) is 23.7. The van der Waals surface area contributed by atoms with Crippen molar-refractivity contribution < 1.29 is 9.53 Å². The van der Waals surface area contributed by atoms with E-state index in [0.29, 0.717) is 5.11 Å². The SMILES string of the molecule is COc1ccc(-n2c(C)cc([C@@H]3[C@@H](c4ccccn4)NC(=S)N3c3ccc(NC(=O)C(C)C)c(C)c3)c2C)cc1. The molecule has 1 saturated heterocycles. The van der Waals surface area contributed by atoms with E-state index in [1.54, 1.807) is 7.11 Å². The third-order valence-electron chi connectivity index (χ3n) is 7.49. The van der Waals surface area contributed by atoms with Crippen LogP contribution >= 0.6 is 12.2 Å². The molecule has 40 heavy (non-hydrogen) atoms. The molecule has 206 valence electrons. The summed E-state index contributed by atoms with van der Waals surface area (Å²) in [6.45, 7) is 10.1. The Labute approximate surface area is 241 Å². The first kappa shape index (κ1) is 27.4. The molecule has 8 heteroatoms. The maximum absolute atomic E-state index is 12.4. The van der Waals surface area contributed by atoms with Crippen molar-refractivity contribution in [2.75, 3.05) is 17.3 Å². The highest BCUT2D eigenvalue weighted by molar-refractivity contribution is 7.80. The summed E-state index contributed by atoms with van der Waals surface area (Å²) >= 11 is 5.96. The molecule has 1 aliphatic rings. The van der Waals surface area contributed by atoms with Gasteiger partial charge in [-0.25, -0.2) is 0 Å². The minimum Gasteiger partial charge on any atom is -0.497 e. The van der Waals surface area contributed by atoms with Crippen LogP contribution in [0.3, 0.4) is 0 Å². The molecule has 0 bridgehead atoms. The molecular weight excluding hydrogens is 518 g/mol. The summed E-state index contributed by atoms with van der Waals surface area (Å²) in [6.07, 6.45) is 1.82. The number of anilines is 2. The van der Waals surface area contributed by atoms with Crippen molar-refractivity contribution >= 4 is 34.6 Å². The van der Waals surface area contributed by atoms with E-state index in [2.05, 4.69) is 58.2 Å². The molecule has 2 aromatic carbocycles. The minimum atomic E-state index is -0.154. The number of aromatic nitrogens is 2. The predicted octanol–water partition coefficient (Wildman–Crippen LogP) is 6.58. The Kier molecular flexibility index (Phi) is 7.63. The molecular formula is C32H35N5O2S. The average Bonchev–Trinajstić information content (AvgIpc) is 3.44. The first-order valence-corrected chi connectivity index (χ1v) is 13.9. The second-order valence-electron chi connectivity index (χ2n) is 10.5. The molecule has 1 fully saturated rings. The molecule has 1 amide bonds. The number of amides is 1. The summed E-state index contributed by atoms with van der Waals surface area (Å²) in [7, 11) is 1.67. The van der Waals surface area contributed by atoms with Gasteiger partial charge >= 0.3 is 0 Å². The Morgan fingerprint density at radius 3 is 2.38 bits per heavy atom. The molecule has 0 spiro atoms. The number of pyridine rings is 1. The van der Waals surface area contributed by atoms with Crippen LogP contribution in [-0.2, 0) is 4.79 Å². The number of hydrogen-bond acceptors (Lipinski definition) is 4. The van der Waals surface area contributed by atoms with Crippen molar-refractivity contribution in [1.82, 2.24) is 14.9 Å². The number of benzene rings is 2. The predicted molar refractivity (Wildman–Crippen MR) is 164 cm³/mol. The molecule has 1 aliphatic heterocycles. The maximum Gasteiger partial charge on any atom is 0.226 e. The number of carbonyl (C=O) groups excluding carboxylic acids is 1. The van der Waals surface area contributed by atoms with Gasteiger partial charge in [0.1, 0.15) is 5.75 Å². The van der Waals surface area contributed by atoms with E-state index < -0.39 is 0 Å². The van der Waals surface area contributed by atoms with Gasteiger partial charge in [0, 0.05) is 40.6 Å². The summed E-state index contributed by atoms with van der Waals surface area (Å²) in [4.78, 5) is 19.2. The Morgan fingerprint density at radius 1 is 1.02 bits per heavy atom. The molecule has 5 rings (SSSR count). The number of nitrogens with zero attached hydrogens (tertiary/aromatic N) is 3. The van der Waals surface area contributed by atoms with Gasteiger partial charge in [0.2, 0.25) is 5.91 Å². The van der Waals surface area contributed by atoms with Gasteiger partial charge in [0.05, 0.1) is 24.9 Å². The lowest BCUT2D eigenvalue weighted by Gasteiger charge is -2.29. The van der Waals surface area contributed by atoms with E-state index in [-0.39, 0.29) is 23.9 Å². The van der Waals surface area contributed by atoms with E-state index >= 15 is 0 Å². The van der Waals surface area contributed by atoms with E-state index in [0.717, 1.165) is 51.0 Å². The van der Waals surface area contributed by atoms with Gasteiger partial charge in [-0.1, -0.05) is 19.9 Å². The Balaban J connectivity index is 1.60. The van der Waals surface area contributed by atoms with E-state index in [1.165, 1.54) is 0 Å². The summed E-state index contributed by atoms with van der Waals surface area (Å²) < 4.78 is 7.64. The van der Waals surface area contributed by atoms with Gasteiger partial charge in [0.15, 0.2) is 5.11 Å². The highest BCUT2D eigenvalue weighted by Crippen LogP contribution is 2.44. The van der Waals surface area contributed by atoms with Crippen LogP contribution in [0.15, 0.2) is 72.9 Å². The van der Waals surface area contributed by atoms with Crippen LogP contribution in [0.4, 0.5) is 11.4 Å². The standard InChI is InChI=1S/C32H35N5O2S/c1-19(2)31(38)34-27-15-12-24(17-20(27)3)37-30(29(35-32(37)40)28-9-7-8-16-33-28)26-18-21(4)36(22(26)5)23-10-13-25(39-6)14-11-23/h7-19,29-30H,1-6H3,(H,34,38)(H,35,40)/t29-,30-/m1/s1. The summed E-state index contributed by atoms with van der Waals surface area (Å²) in [5.74, 6) is 0.716. The fraction of sp³-hybridized carbons (Fsp3) is 0.281. The highest BCUT2D eigenvalue weighted by Gasteiger charge is 2.42. The van der Waals surface area contributed by atoms with Crippen LogP contribution in [0.2, 0.25) is 0 Å². The first-order valence-electron chi connectivity index (χ1n) is 13.4. The lowest BCUT2D eigenvalue weighted by atomic mass is 9.96. The van der Waals surface area contributed by atoms with Gasteiger partial charge in [-0.05, 0) is 105 Å². The lowest BCUT2D eigenvalue weighted by molar-refractivity contribution is -0.118. The molecule has 0 aliphatic carbocycles. The van der Waals surface area contributed by atoms with Crippen LogP contribution in [0.1, 0.15) is 54.1 Å². The average molecular weight is 554 g/mol. The molecule has 0 saturated carbocycles. The van der Waals surface area contributed by atoms with E-state index in [4.69, 9.17) is 21.9 Å². The maximum atomic E-state index is 12.4. The first-order chi connectivity index (χ1) is 19.2. The fourth-order valence-corrected chi connectivity index (χ4v) is 5.73. The van der Waals surface area contributed by atoms with Crippen LogP contribution in [-0.4, -0.2) is 27.7 Å². The quantitative estimate of drug-likeness (QED) is 0.252. The minimum absolute atomic E-state index is 0.00623. The van der Waals surface area contributed by atoms with Crippen LogP contribution in [0.5, 0.6) is 5.75 Å². The van der Waals surface area contributed by atoms with Crippen molar-refractivity contribution in [1.29, 1.82) is 0 Å². The lowest BCUT2D eigenvalue weighted by Crippen LogP contribution is -2.29. The van der Waals surface area contributed by atoms with Crippen molar-refractivity contribution in [3.05, 3.63) is 101 Å². The molecule has 2 aromatic heterocycles. The summed E-state index contributed by atoms with van der Waals surface area (Å²) in [6, 6.07) is 22.1. The number of thiocarbonyl (C=S) groups is 1. The van der Waals surface area contributed by atoms with Gasteiger partial charge in [0.25, 0.3) is 0 Å². The molecule has 0 unspecified atom stereocenters. The third kappa shape index (κ3) is 5.07. The molecule has 4 aromatic rings. The zero-order valence-corrected chi connectivity index (χ0v) is 24.5. The van der Waals surface area contributed by atoms with Crippen LogP contribution < -0.4 is 20.3 Å². The Morgan fingerprint density at radius 2 is 1.75 bits per heavy atom. The fourth-order valence-electron chi connectivity index (χ4n) is 5.38. The number of rotatable bonds is 7. The highest BCUT2D eigenvalue weighted by atomic mass is 32.1. The summed E-state index contributed by atoms with van der Waals surface area (Å²) in [5, 5.41) is 7.23. The van der Waals surface area contributed by atoms with Crippen molar-refractivity contribution in [2.24, 2.45) is 5.92 Å². The molecule has 7 nitrogen and oxygen atoms in total. The van der Waals surface area contributed by atoms with E-state index in [9.17, 15) is 4.79 Å². The molecule has 2 atom stereocenters. The Hall–Kier alpha value is -4.17. The zero-order chi connectivity index (χ0) is 28.6. The van der Waals surface area contributed by atoms with Gasteiger partial charge in [-0.15, -0.1) is 0 Å². The molecule has 2 N–H and O–H groups in total. The van der Waals surface area contributed by atoms with Crippen molar-refractivity contribution in [2.45, 2.75) is 46.7 Å². The molecule has 0 radical (unpaired) electrons. The third-order valence-corrected chi connectivity index (χ3v) is 7.80. The Bertz CT molecular complexity index is 1550. The van der Waals surface area contributed by atoms with Gasteiger partial charge in [-0.3, -0.25) is 9.78 Å². The number of aryl methyl sites for hydroxylation is 2. The number of methoxy groups -OCH3 is 1. The topological polar surface area (TPSA) is 71.4 Å². The normalized spacial score (nSPS) is 16.8. The van der Waals surface area contributed by atoms with Gasteiger partial charge < -0.3 is 24.8 Å². The number of hydrogen-bond donors (Lipinski definition) is 2. The summed E-state index contributed by atoms with van der Waals surface area (Å²) in [5.41, 5.74) is 8.12. The van der Waals surface area contributed by atoms with E-state index in [1.807, 2.05) is 69.4 Å². The number of carbonyl (C=O) groups is 1. The van der Waals surface area contributed by atoms with Crippen molar-refractivity contribution in [3.8, 4) is 11.4 Å². The van der Waals surface area contributed by atoms with Crippen LogP contribution in [0.25, 0.3) is 5.69 Å². The smallest absolute Gasteiger partial charge is 0.226 e. The second-order valence-corrected chi connectivity index (χ2v) is 10.9. The van der Waals surface area contributed by atoms with Crippen LogP contribution in [0, 0.1) is 26.7 Å².